The lowest BCUT2D eigenvalue weighted by Gasteiger charge is -2.43. The highest BCUT2D eigenvalue weighted by atomic mass is 19.1. The van der Waals surface area contributed by atoms with Crippen LogP contribution >= 0.6 is 0 Å². The van der Waals surface area contributed by atoms with Crippen LogP contribution in [-0.2, 0) is 9.53 Å². The van der Waals surface area contributed by atoms with Gasteiger partial charge < -0.3 is 15.4 Å². The van der Waals surface area contributed by atoms with E-state index in [-0.39, 0.29) is 30.0 Å². The van der Waals surface area contributed by atoms with E-state index >= 15 is 0 Å². The molecule has 0 bridgehead atoms. The van der Waals surface area contributed by atoms with Crippen LogP contribution in [0.2, 0.25) is 0 Å². The highest BCUT2D eigenvalue weighted by Crippen LogP contribution is 2.41. The molecule has 2 aliphatic heterocycles. The molecule has 8 atom stereocenters. The van der Waals surface area contributed by atoms with Crippen LogP contribution in [0.1, 0.15) is 71.1 Å². The number of amides is 1. The van der Waals surface area contributed by atoms with Crippen molar-refractivity contribution in [3.63, 3.8) is 0 Å². The number of rotatable bonds is 4. The third-order valence-corrected chi connectivity index (χ3v) is 9.66. The summed E-state index contributed by atoms with van der Waals surface area (Å²) < 4.78 is 34.7. The number of alkyl halides is 2. The van der Waals surface area contributed by atoms with E-state index in [1.54, 1.807) is 0 Å². The lowest BCUT2D eigenvalue weighted by Crippen LogP contribution is -2.51. The summed E-state index contributed by atoms with van der Waals surface area (Å²) in [5.41, 5.74) is 0. The Morgan fingerprint density at radius 3 is 2.42 bits per heavy atom. The van der Waals surface area contributed by atoms with E-state index in [9.17, 15) is 13.6 Å². The van der Waals surface area contributed by atoms with Gasteiger partial charge in [-0.05, 0) is 82.0 Å². The molecule has 0 aromatic carbocycles. The number of nitrogens with one attached hydrogen (secondary N) is 2. The molecule has 3 aliphatic carbocycles. The molecule has 5 fully saturated rings. The predicted octanol–water partition coefficient (Wildman–Crippen LogP) is 3.62. The van der Waals surface area contributed by atoms with Crippen LogP contribution in [-0.4, -0.2) is 73.6 Å². The minimum atomic E-state index is -0.833. The zero-order chi connectivity index (χ0) is 22.9. The molecule has 2 heterocycles. The number of halogens is 2. The van der Waals surface area contributed by atoms with Gasteiger partial charge in [0.15, 0.2) is 0 Å². The van der Waals surface area contributed by atoms with Crippen molar-refractivity contribution in [1.82, 2.24) is 15.5 Å². The van der Waals surface area contributed by atoms with Crippen molar-refractivity contribution in [3.8, 4) is 0 Å². The Morgan fingerprint density at radius 2 is 1.70 bits per heavy atom. The first-order chi connectivity index (χ1) is 16.0. The first kappa shape index (κ1) is 23.9. The standard InChI is InChI=1S/C26H43F2N3O2/c1-16-2-7-23(28)22-15-24(30-25(16)22)26(32)29-20-13-18(12-19(27)14-20)17-3-5-21(6-4-17)31-8-10-33-11-9-31/h16-25,30H,2-15H2,1H3,(H,29,32). The Kier molecular flexibility index (Phi) is 7.58. The number of ether oxygens (including phenoxy) is 1. The van der Waals surface area contributed by atoms with E-state index in [2.05, 4.69) is 22.5 Å². The van der Waals surface area contributed by atoms with Gasteiger partial charge in [0, 0.05) is 37.1 Å². The Morgan fingerprint density at radius 1 is 0.939 bits per heavy atom. The van der Waals surface area contributed by atoms with Crippen LogP contribution in [0.25, 0.3) is 0 Å². The fraction of sp³-hybridized carbons (Fsp3) is 0.962. The van der Waals surface area contributed by atoms with Gasteiger partial charge in [-0.25, -0.2) is 8.78 Å². The topological polar surface area (TPSA) is 53.6 Å². The number of carbonyl (C=O) groups is 1. The van der Waals surface area contributed by atoms with E-state index in [0.717, 1.165) is 39.1 Å². The molecule has 1 amide bonds. The zero-order valence-corrected chi connectivity index (χ0v) is 20.2. The second-order valence-electron chi connectivity index (χ2n) is 11.7. The quantitative estimate of drug-likeness (QED) is 0.663. The largest absolute Gasteiger partial charge is 0.379 e. The normalized spacial score (nSPS) is 47.1. The fourth-order valence-corrected chi connectivity index (χ4v) is 7.78. The summed E-state index contributed by atoms with van der Waals surface area (Å²) in [5.74, 6) is 1.23. The van der Waals surface area contributed by atoms with Gasteiger partial charge in [0.1, 0.15) is 12.3 Å². The number of carbonyl (C=O) groups excluding carboxylic acids is 1. The summed E-state index contributed by atoms with van der Waals surface area (Å²) in [6, 6.07) is 0.329. The summed E-state index contributed by atoms with van der Waals surface area (Å²) in [6.45, 7) is 5.92. The Hall–Kier alpha value is -0.790. The van der Waals surface area contributed by atoms with Crippen molar-refractivity contribution in [3.05, 3.63) is 0 Å². The van der Waals surface area contributed by atoms with E-state index < -0.39 is 12.3 Å². The second-order valence-corrected chi connectivity index (χ2v) is 11.7. The van der Waals surface area contributed by atoms with Gasteiger partial charge in [0.25, 0.3) is 0 Å². The minimum absolute atomic E-state index is 0.0438. The molecule has 0 spiro atoms. The lowest BCUT2D eigenvalue weighted by molar-refractivity contribution is -0.124. The highest BCUT2D eigenvalue weighted by Gasteiger charge is 2.47. The molecule has 188 valence electrons. The molecule has 5 nitrogen and oxygen atoms in total. The number of nitrogens with zero attached hydrogens (tertiary/aromatic N) is 1. The number of hydrogen-bond donors (Lipinski definition) is 2. The zero-order valence-electron chi connectivity index (χ0n) is 20.2. The molecular weight excluding hydrogens is 424 g/mol. The SMILES string of the molecule is CC1CCC(F)C2CC(C(=O)NC3CC(F)CC(C4CCC(N5CCOCC5)CC4)C3)NC12. The van der Waals surface area contributed by atoms with Crippen molar-refractivity contribution in [2.45, 2.75) is 108 Å². The van der Waals surface area contributed by atoms with Gasteiger partial charge in [-0.2, -0.15) is 0 Å². The van der Waals surface area contributed by atoms with E-state index in [0.29, 0.717) is 49.5 Å². The molecular formula is C26H43F2N3O2. The average molecular weight is 468 g/mol. The highest BCUT2D eigenvalue weighted by molar-refractivity contribution is 5.82. The number of morpholine rings is 1. The van der Waals surface area contributed by atoms with Gasteiger partial charge in [0.05, 0.1) is 19.3 Å². The van der Waals surface area contributed by atoms with Gasteiger partial charge in [0.2, 0.25) is 5.91 Å². The Labute approximate surface area is 197 Å². The first-order valence-corrected chi connectivity index (χ1v) is 13.6. The van der Waals surface area contributed by atoms with Gasteiger partial charge >= 0.3 is 0 Å². The van der Waals surface area contributed by atoms with Crippen molar-refractivity contribution < 1.29 is 18.3 Å². The smallest absolute Gasteiger partial charge is 0.237 e. The Bertz CT molecular complexity index is 650. The number of hydrogen-bond acceptors (Lipinski definition) is 4. The van der Waals surface area contributed by atoms with Crippen LogP contribution in [0.3, 0.4) is 0 Å². The van der Waals surface area contributed by atoms with Crippen molar-refractivity contribution in [1.29, 1.82) is 0 Å². The molecule has 33 heavy (non-hydrogen) atoms. The maximum absolute atomic E-state index is 14.7. The summed E-state index contributed by atoms with van der Waals surface area (Å²) in [5, 5.41) is 6.60. The van der Waals surface area contributed by atoms with Crippen LogP contribution < -0.4 is 10.6 Å². The third-order valence-electron chi connectivity index (χ3n) is 9.66. The van der Waals surface area contributed by atoms with E-state index in [4.69, 9.17) is 4.74 Å². The molecule has 3 saturated carbocycles. The van der Waals surface area contributed by atoms with Gasteiger partial charge in [-0.15, -0.1) is 0 Å². The summed E-state index contributed by atoms with van der Waals surface area (Å²) in [7, 11) is 0. The first-order valence-electron chi connectivity index (χ1n) is 13.6. The van der Waals surface area contributed by atoms with Gasteiger partial charge in [-0.3, -0.25) is 9.69 Å². The predicted molar refractivity (Wildman–Crippen MR) is 124 cm³/mol. The van der Waals surface area contributed by atoms with Crippen LogP contribution in [0.4, 0.5) is 8.78 Å². The van der Waals surface area contributed by atoms with Crippen LogP contribution in [0.5, 0.6) is 0 Å². The molecule has 0 radical (unpaired) electrons. The second kappa shape index (κ2) is 10.4. The van der Waals surface area contributed by atoms with Gasteiger partial charge in [-0.1, -0.05) is 6.92 Å². The van der Waals surface area contributed by atoms with Crippen LogP contribution in [0, 0.1) is 23.7 Å². The molecule has 5 aliphatic rings. The maximum Gasteiger partial charge on any atom is 0.237 e. The van der Waals surface area contributed by atoms with Crippen molar-refractivity contribution >= 4 is 5.91 Å². The summed E-state index contributed by atoms with van der Waals surface area (Å²) >= 11 is 0. The molecule has 5 rings (SSSR count). The summed E-state index contributed by atoms with van der Waals surface area (Å²) in [6.07, 6.45) is 7.12. The fourth-order valence-electron chi connectivity index (χ4n) is 7.78. The van der Waals surface area contributed by atoms with Crippen molar-refractivity contribution in [2.75, 3.05) is 26.3 Å². The van der Waals surface area contributed by atoms with E-state index in [1.807, 2.05) is 0 Å². The molecule has 0 aromatic rings. The lowest BCUT2D eigenvalue weighted by atomic mass is 9.70. The molecule has 8 unspecified atom stereocenters. The molecule has 7 heteroatoms. The molecule has 2 saturated heterocycles. The molecule has 2 N–H and O–H groups in total. The maximum atomic E-state index is 14.7. The van der Waals surface area contributed by atoms with Crippen molar-refractivity contribution in [2.24, 2.45) is 23.7 Å². The van der Waals surface area contributed by atoms with E-state index in [1.165, 1.54) is 25.7 Å². The average Bonchev–Trinajstić information content (AvgIpc) is 3.29. The summed E-state index contributed by atoms with van der Waals surface area (Å²) in [4.78, 5) is 15.6. The monoisotopic (exact) mass is 467 g/mol. The minimum Gasteiger partial charge on any atom is -0.379 e. The molecule has 0 aromatic heterocycles. The Balaban J connectivity index is 1.12. The third kappa shape index (κ3) is 5.40. The number of fused-ring (bicyclic) bond motifs is 1. The van der Waals surface area contributed by atoms with Crippen LogP contribution in [0.15, 0.2) is 0 Å².